The number of hydrogen-bond acceptors (Lipinski definition) is 3. The zero-order valence-corrected chi connectivity index (χ0v) is 12.7. The quantitative estimate of drug-likeness (QED) is 0.940. The number of nitrogens with one attached hydrogen (secondary N) is 1. The van der Waals surface area contributed by atoms with Gasteiger partial charge in [0, 0.05) is 11.6 Å². The maximum absolute atomic E-state index is 5.40. The number of furan rings is 1. The van der Waals surface area contributed by atoms with E-state index in [-0.39, 0.29) is 6.04 Å². The maximum Gasteiger partial charge on any atom is 0.105 e. The average Bonchev–Trinajstić information content (AvgIpc) is 2.89. The summed E-state index contributed by atoms with van der Waals surface area (Å²) in [7, 11) is 1.95. The van der Waals surface area contributed by atoms with Gasteiger partial charge in [-0.1, -0.05) is 0 Å². The molecule has 0 aliphatic carbocycles. The third-order valence-corrected chi connectivity index (χ3v) is 3.66. The Morgan fingerprint density at radius 3 is 2.67 bits per heavy atom. The van der Waals surface area contributed by atoms with E-state index in [9.17, 15) is 0 Å². The molecule has 0 fully saturated rings. The van der Waals surface area contributed by atoms with Crippen molar-refractivity contribution in [2.24, 2.45) is 0 Å². The first-order valence-electron chi connectivity index (χ1n) is 6.00. The second kappa shape index (κ2) is 5.28. The van der Waals surface area contributed by atoms with Crippen molar-refractivity contribution in [3.63, 3.8) is 0 Å². The first kappa shape index (κ1) is 13.4. The van der Waals surface area contributed by atoms with Crippen LogP contribution in [0.4, 0.5) is 0 Å². The van der Waals surface area contributed by atoms with Crippen molar-refractivity contribution in [2.75, 3.05) is 7.05 Å². The molecule has 4 nitrogen and oxygen atoms in total. The predicted molar refractivity (Wildman–Crippen MR) is 74.7 cm³/mol. The van der Waals surface area contributed by atoms with Crippen LogP contribution in [0, 0.1) is 6.92 Å². The fourth-order valence-electron chi connectivity index (χ4n) is 2.17. The monoisotopic (exact) mass is 311 g/mol. The lowest BCUT2D eigenvalue weighted by Gasteiger charge is -2.20. The highest BCUT2D eigenvalue weighted by molar-refractivity contribution is 9.10. The highest BCUT2D eigenvalue weighted by Crippen LogP contribution is 2.32. The Kier molecular flexibility index (Phi) is 3.92. The molecule has 0 aliphatic rings. The lowest BCUT2D eigenvalue weighted by molar-refractivity contribution is 0.476. The van der Waals surface area contributed by atoms with E-state index in [1.165, 1.54) is 0 Å². The molecule has 2 heterocycles. The van der Waals surface area contributed by atoms with Gasteiger partial charge in [-0.2, -0.15) is 5.10 Å². The summed E-state index contributed by atoms with van der Waals surface area (Å²) in [5.41, 5.74) is 2.26. The third-order valence-electron chi connectivity index (χ3n) is 3.05. The molecule has 2 rings (SSSR count). The van der Waals surface area contributed by atoms with Gasteiger partial charge in [-0.25, -0.2) is 0 Å². The summed E-state index contributed by atoms with van der Waals surface area (Å²) in [5.74, 6) is 0.928. The van der Waals surface area contributed by atoms with E-state index >= 15 is 0 Å². The zero-order valence-electron chi connectivity index (χ0n) is 11.1. The molecular formula is C13H18BrN3O. The molecule has 0 saturated carbocycles. The first-order chi connectivity index (χ1) is 8.56. The van der Waals surface area contributed by atoms with Gasteiger partial charge in [0.05, 0.1) is 28.7 Å². The molecule has 2 aromatic heterocycles. The van der Waals surface area contributed by atoms with Gasteiger partial charge in [0.1, 0.15) is 5.76 Å². The molecule has 0 aromatic carbocycles. The van der Waals surface area contributed by atoms with Crippen molar-refractivity contribution >= 4 is 15.9 Å². The van der Waals surface area contributed by atoms with Crippen molar-refractivity contribution in [3.8, 4) is 0 Å². The number of aryl methyl sites for hydroxylation is 1. The molecule has 0 spiro atoms. The summed E-state index contributed by atoms with van der Waals surface area (Å²) in [6.07, 6.45) is 3.56. The fourth-order valence-corrected chi connectivity index (χ4v) is 2.67. The molecule has 1 unspecified atom stereocenters. The van der Waals surface area contributed by atoms with Gasteiger partial charge in [0.25, 0.3) is 0 Å². The normalized spacial score (nSPS) is 13.2. The highest BCUT2D eigenvalue weighted by atomic mass is 79.9. The average molecular weight is 312 g/mol. The molecule has 98 valence electrons. The molecular weight excluding hydrogens is 294 g/mol. The van der Waals surface area contributed by atoms with Crippen LogP contribution in [0.5, 0.6) is 0 Å². The Morgan fingerprint density at radius 2 is 2.17 bits per heavy atom. The number of aromatic nitrogens is 2. The second-order valence-electron chi connectivity index (χ2n) is 4.57. The van der Waals surface area contributed by atoms with Gasteiger partial charge in [-0.15, -0.1) is 0 Å². The van der Waals surface area contributed by atoms with E-state index in [0.717, 1.165) is 21.5 Å². The van der Waals surface area contributed by atoms with E-state index in [4.69, 9.17) is 4.42 Å². The Morgan fingerprint density at radius 1 is 1.44 bits per heavy atom. The van der Waals surface area contributed by atoms with Gasteiger partial charge >= 0.3 is 0 Å². The van der Waals surface area contributed by atoms with E-state index in [2.05, 4.69) is 40.2 Å². The molecule has 5 heteroatoms. The second-order valence-corrected chi connectivity index (χ2v) is 5.42. The van der Waals surface area contributed by atoms with Crippen molar-refractivity contribution in [1.29, 1.82) is 0 Å². The Hall–Kier alpha value is -1.07. The first-order valence-corrected chi connectivity index (χ1v) is 6.79. The SMILES string of the molecule is CNC(c1ccoc1C)c1c(Br)cnn1C(C)C. The van der Waals surface area contributed by atoms with Crippen molar-refractivity contribution < 1.29 is 4.42 Å². The van der Waals surface area contributed by atoms with Crippen molar-refractivity contribution in [3.05, 3.63) is 40.0 Å². The molecule has 0 radical (unpaired) electrons. The highest BCUT2D eigenvalue weighted by Gasteiger charge is 2.24. The van der Waals surface area contributed by atoms with Crippen LogP contribution in [-0.4, -0.2) is 16.8 Å². The Bertz CT molecular complexity index is 530. The molecule has 18 heavy (non-hydrogen) atoms. The van der Waals surface area contributed by atoms with Crippen LogP contribution >= 0.6 is 15.9 Å². The number of halogens is 1. The van der Waals surface area contributed by atoms with Gasteiger partial charge in [0.15, 0.2) is 0 Å². The minimum atomic E-state index is 0.0722. The fraction of sp³-hybridized carbons (Fsp3) is 0.462. The summed E-state index contributed by atoms with van der Waals surface area (Å²) in [4.78, 5) is 0. The molecule has 0 amide bonds. The van der Waals surface area contributed by atoms with Crippen LogP contribution in [0.3, 0.4) is 0 Å². The van der Waals surface area contributed by atoms with E-state index in [1.807, 2.05) is 30.9 Å². The predicted octanol–water partition coefficient (Wildman–Crippen LogP) is 3.44. The molecule has 2 aromatic rings. The number of nitrogens with zero attached hydrogens (tertiary/aromatic N) is 2. The molecule has 1 N–H and O–H groups in total. The van der Waals surface area contributed by atoms with E-state index in [0.29, 0.717) is 6.04 Å². The summed E-state index contributed by atoms with van der Waals surface area (Å²) >= 11 is 3.58. The van der Waals surface area contributed by atoms with Crippen LogP contribution < -0.4 is 5.32 Å². The van der Waals surface area contributed by atoms with Crippen LogP contribution in [-0.2, 0) is 0 Å². The molecule has 0 saturated heterocycles. The van der Waals surface area contributed by atoms with E-state index < -0.39 is 0 Å². The Labute approximate surface area is 115 Å². The van der Waals surface area contributed by atoms with Crippen LogP contribution in [0.15, 0.2) is 27.4 Å². The van der Waals surface area contributed by atoms with E-state index in [1.54, 1.807) is 6.26 Å². The maximum atomic E-state index is 5.40. The van der Waals surface area contributed by atoms with Crippen molar-refractivity contribution in [2.45, 2.75) is 32.9 Å². The van der Waals surface area contributed by atoms with Gasteiger partial charge < -0.3 is 9.73 Å². The van der Waals surface area contributed by atoms with Gasteiger partial charge in [-0.05, 0) is 49.8 Å². The zero-order chi connectivity index (χ0) is 13.3. The van der Waals surface area contributed by atoms with Gasteiger partial charge in [0.2, 0.25) is 0 Å². The summed E-state index contributed by atoms with van der Waals surface area (Å²) in [6, 6.07) is 2.39. The standard InChI is InChI=1S/C13H18BrN3O/c1-8(2)17-13(11(14)7-16-17)12(15-4)10-5-6-18-9(10)3/h5-8,12,15H,1-4H3. The van der Waals surface area contributed by atoms with Crippen LogP contribution in [0.1, 0.15) is 42.9 Å². The smallest absolute Gasteiger partial charge is 0.105 e. The lowest BCUT2D eigenvalue weighted by atomic mass is 10.0. The van der Waals surface area contributed by atoms with Crippen LogP contribution in [0.25, 0.3) is 0 Å². The van der Waals surface area contributed by atoms with Gasteiger partial charge in [-0.3, -0.25) is 4.68 Å². The third kappa shape index (κ3) is 2.24. The topological polar surface area (TPSA) is 43.0 Å². The molecule has 1 atom stereocenters. The summed E-state index contributed by atoms with van der Waals surface area (Å²) < 4.78 is 8.44. The van der Waals surface area contributed by atoms with Crippen LogP contribution in [0.2, 0.25) is 0 Å². The molecule has 0 bridgehead atoms. The minimum Gasteiger partial charge on any atom is -0.469 e. The summed E-state index contributed by atoms with van der Waals surface area (Å²) in [5, 5.41) is 7.76. The Balaban J connectivity index is 2.52. The number of rotatable bonds is 4. The lowest BCUT2D eigenvalue weighted by Crippen LogP contribution is -2.23. The van der Waals surface area contributed by atoms with Crippen molar-refractivity contribution in [1.82, 2.24) is 15.1 Å². The minimum absolute atomic E-state index is 0.0722. The number of hydrogen-bond donors (Lipinski definition) is 1. The summed E-state index contributed by atoms with van der Waals surface area (Å²) in [6.45, 7) is 6.22. The molecule has 0 aliphatic heterocycles. The largest absolute Gasteiger partial charge is 0.469 e.